The molecule has 3 N–H and O–H groups in total. The maximum Gasteiger partial charge on any atom is 0.115 e. The molecule has 2 atom stereocenters. The SMILES string of the molecule is Oc1ccc(CN[C@H]2CCC[C@@H](O)C2)cc1. The van der Waals surface area contributed by atoms with Gasteiger partial charge in [-0.1, -0.05) is 12.1 Å². The van der Waals surface area contributed by atoms with Crippen molar-refractivity contribution in [2.75, 3.05) is 0 Å². The van der Waals surface area contributed by atoms with Crippen LogP contribution in [0.25, 0.3) is 0 Å². The first kappa shape index (κ1) is 11.4. The minimum atomic E-state index is -0.133. The van der Waals surface area contributed by atoms with Gasteiger partial charge in [0.05, 0.1) is 6.10 Å². The van der Waals surface area contributed by atoms with Crippen LogP contribution in [-0.4, -0.2) is 22.4 Å². The van der Waals surface area contributed by atoms with Gasteiger partial charge in [-0.05, 0) is 43.4 Å². The standard InChI is InChI=1S/C13H19NO2/c15-12-6-4-10(5-7-12)9-14-11-2-1-3-13(16)8-11/h4-7,11,13-16H,1-3,8-9H2/t11-,13+/m0/s1. The average Bonchev–Trinajstić information content (AvgIpc) is 2.28. The number of rotatable bonds is 3. The lowest BCUT2D eigenvalue weighted by Gasteiger charge is -2.26. The molecule has 1 saturated carbocycles. The Morgan fingerprint density at radius 1 is 1.19 bits per heavy atom. The van der Waals surface area contributed by atoms with Gasteiger partial charge in [-0.15, -0.1) is 0 Å². The highest BCUT2D eigenvalue weighted by atomic mass is 16.3. The zero-order valence-electron chi connectivity index (χ0n) is 9.39. The van der Waals surface area contributed by atoms with Gasteiger partial charge in [0, 0.05) is 12.6 Å². The molecule has 3 heteroatoms. The number of benzene rings is 1. The minimum absolute atomic E-state index is 0.133. The molecule has 3 nitrogen and oxygen atoms in total. The second kappa shape index (κ2) is 5.32. The van der Waals surface area contributed by atoms with E-state index >= 15 is 0 Å². The van der Waals surface area contributed by atoms with Crippen molar-refractivity contribution in [2.24, 2.45) is 0 Å². The van der Waals surface area contributed by atoms with Crippen LogP contribution < -0.4 is 5.32 Å². The lowest BCUT2D eigenvalue weighted by atomic mass is 9.93. The van der Waals surface area contributed by atoms with Gasteiger partial charge < -0.3 is 15.5 Å². The third-order valence-corrected chi connectivity index (χ3v) is 3.18. The first-order chi connectivity index (χ1) is 7.74. The first-order valence-electron chi connectivity index (χ1n) is 5.93. The molecule has 0 spiro atoms. The fourth-order valence-corrected chi connectivity index (χ4v) is 2.23. The van der Waals surface area contributed by atoms with Gasteiger partial charge >= 0.3 is 0 Å². The molecule has 0 saturated heterocycles. The monoisotopic (exact) mass is 221 g/mol. The van der Waals surface area contributed by atoms with E-state index in [1.54, 1.807) is 12.1 Å². The summed E-state index contributed by atoms with van der Waals surface area (Å²) in [5, 5.41) is 22.1. The Hall–Kier alpha value is -1.06. The van der Waals surface area contributed by atoms with E-state index in [0.717, 1.165) is 37.8 Å². The van der Waals surface area contributed by atoms with Crippen LogP contribution in [0.1, 0.15) is 31.2 Å². The van der Waals surface area contributed by atoms with E-state index in [0.29, 0.717) is 11.8 Å². The van der Waals surface area contributed by atoms with Crippen LogP contribution in [-0.2, 0) is 6.54 Å². The molecular formula is C13H19NO2. The van der Waals surface area contributed by atoms with Crippen LogP contribution in [0.2, 0.25) is 0 Å². The predicted octanol–water partition coefficient (Wildman–Crippen LogP) is 1.79. The fourth-order valence-electron chi connectivity index (χ4n) is 2.23. The normalized spacial score (nSPS) is 25.6. The van der Waals surface area contributed by atoms with E-state index in [-0.39, 0.29) is 6.10 Å². The van der Waals surface area contributed by atoms with Crippen molar-refractivity contribution in [3.63, 3.8) is 0 Å². The Labute approximate surface area is 96.1 Å². The van der Waals surface area contributed by atoms with Crippen molar-refractivity contribution >= 4 is 0 Å². The molecule has 1 aromatic rings. The summed E-state index contributed by atoms with van der Waals surface area (Å²) in [6, 6.07) is 7.67. The molecule has 0 aromatic heterocycles. The first-order valence-corrected chi connectivity index (χ1v) is 5.93. The van der Waals surface area contributed by atoms with Crippen molar-refractivity contribution in [1.82, 2.24) is 5.32 Å². The second-order valence-electron chi connectivity index (χ2n) is 4.56. The molecule has 0 amide bonds. The number of hydrogen-bond acceptors (Lipinski definition) is 3. The number of aliphatic hydroxyl groups is 1. The molecule has 88 valence electrons. The summed E-state index contributed by atoms with van der Waals surface area (Å²) in [4.78, 5) is 0. The zero-order valence-corrected chi connectivity index (χ0v) is 9.39. The summed E-state index contributed by atoms with van der Waals surface area (Å²) in [6.45, 7) is 0.803. The number of phenols is 1. The summed E-state index contributed by atoms with van der Waals surface area (Å²) >= 11 is 0. The summed E-state index contributed by atoms with van der Waals surface area (Å²) in [5.74, 6) is 0.303. The molecule has 1 aliphatic carbocycles. The van der Waals surface area contributed by atoms with Gasteiger partial charge in [-0.2, -0.15) is 0 Å². The van der Waals surface area contributed by atoms with Crippen molar-refractivity contribution in [2.45, 2.75) is 44.4 Å². The van der Waals surface area contributed by atoms with Crippen LogP contribution in [0.3, 0.4) is 0 Å². The van der Waals surface area contributed by atoms with Crippen LogP contribution in [0.5, 0.6) is 5.75 Å². The van der Waals surface area contributed by atoms with Gasteiger partial charge in [-0.25, -0.2) is 0 Å². The topological polar surface area (TPSA) is 52.5 Å². The molecule has 2 rings (SSSR count). The maximum absolute atomic E-state index is 9.54. The molecule has 0 bridgehead atoms. The van der Waals surface area contributed by atoms with Crippen molar-refractivity contribution in [3.8, 4) is 5.75 Å². The largest absolute Gasteiger partial charge is 0.508 e. The Morgan fingerprint density at radius 2 is 1.94 bits per heavy atom. The van der Waals surface area contributed by atoms with E-state index in [9.17, 15) is 5.11 Å². The Balaban J connectivity index is 1.80. The van der Waals surface area contributed by atoms with E-state index < -0.39 is 0 Å². The average molecular weight is 221 g/mol. The maximum atomic E-state index is 9.54. The van der Waals surface area contributed by atoms with Gasteiger partial charge in [0.1, 0.15) is 5.75 Å². The van der Waals surface area contributed by atoms with Gasteiger partial charge in [-0.3, -0.25) is 0 Å². The number of aromatic hydroxyl groups is 1. The third-order valence-electron chi connectivity index (χ3n) is 3.18. The molecule has 1 aromatic carbocycles. The lowest BCUT2D eigenvalue weighted by Crippen LogP contribution is -2.35. The molecule has 1 aliphatic rings. The summed E-state index contributed by atoms with van der Waals surface area (Å²) in [5.41, 5.74) is 1.16. The zero-order chi connectivity index (χ0) is 11.4. The van der Waals surface area contributed by atoms with E-state index in [1.165, 1.54) is 0 Å². The smallest absolute Gasteiger partial charge is 0.115 e. The lowest BCUT2D eigenvalue weighted by molar-refractivity contribution is 0.111. The predicted molar refractivity (Wildman–Crippen MR) is 63.2 cm³/mol. The van der Waals surface area contributed by atoms with Crippen LogP contribution >= 0.6 is 0 Å². The van der Waals surface area contributed by atoms with Gasteiger partial charge in [0.15, 0.2) is 0 Å². The second-order valence-corrected chi connectivity index (χ2v) is 4.56. The molecule has 0 aliphatic heterocycles. The quantitative estimate of drug-likeness (QED) is 0.729. The summed E-state index contributed by atoms with van der Waals surface area (Å²) in [6.07, 6.45) is 3.92. The number of hydrogen-bond donors (Lipinski definition) is 3. The van der Waals surface area contributed by atoms with Crippen LogP contribution in [0.15, 0.2) is 24.3 Å². The fraction of sp³-hybridized carbons (Fsp3) is 0.538. The third kappa shape index (κ3) is 3.22. The van der Waals surface area contributed by atoms with E-state index in [4.69, 9.17) is 5.11 Å². The number of aliphatic hydroxyl groups excluding tert-OH is 1. The number of nitrogens with one attached hydrogen (secondary N) is 1. The van der Waals surface area contributed by atoms with Gasteiger partial charge in [0.25, 0.3) is 0 Å². The van der Waals surface area contributed by atoms with Crippen molar-refractivity contribution in [3.05, 3.63) is 29.8 Å². The Bertz CT molecular complexity index is 323. The highest BCUT2D eigenvalue weighted by Gasteiger charge is 2.19. The molecular weight excluding hydrogens is 202 g/mol. The molecule has 1 fully saturated rings. The molecule has 16 heavy (non-hydrogen) atoms. The molecule has 0 heterocycles. The highest BCUT2D eigenvalue weighted by molar-refractivity contribution is 5.25. The van der Waals surface area contributed by atoms with E-state index in [1.807, 2.05) is 12.1 Å². The minimum Gasteiger partial charge on any atom is -0.508 e. The number of phenolic OH excluding ortho intramolecular Hbond substituents is 1. The van der Waals surface area contributed by atoms with Crippen LogP contribution in [0, 0.1) is 0 Å². The van der Waals surface area contributed by atoms with E-state index in [2.05, 4.69) is 5.32 Å². The Kier molecular flexibility index (Phi) is 3.80. The molecule has 0 radical (unpaired) electrons. The summed E-state index contributed by atoms with van der Waals surface area (Å²) in [7, 11) is 0. The van der Waals surface area contributed by atoms with Crippen LogP contribution in [0.4, 0.5) is 0 Å². The van der Waals surface area contributed by atoms with Gasteiger partial charge in [0.2, 0.25) is 0 Å². The summed E-state index contributed by atoms with van der Waals surface area (Å²) < 4.78 is 0. The highest BCUT2D eigenvalue weighted by Crippen LogP contribution is 2.19. The Morgan fingerprint density at radius 3 is 2.62 bits per heavy atom. The molecule has 0 unspecified atom stereocenters. The van der Waals surface area contributed by atoms with Crippen molar-refractivity contribution in [1.29, 1.82) is 0 Å². The van der Waals surface area contributed by atoms with Crippen molar-refractivity contribution < 1.29 is 10.2 Å².